The lowest BCUT2D eigenvalue weighted by atomic mass is 9.72. The Morgan fingerprint density at radius 2 is 1.02 bits per heavy atom. The molecule has 0 aliphatic carbocycles. The Kier molecular flexibility index (Phi) is 9.29. The van der Waals surface area contributed by atoms with Gasteiger partial charge in [-0.1, -0.05) is 93.5 Å². The molecule has 0 unspecified atom stereocenters. The molecule has 0 aliphatic heterocycles. The number of hydrogen-bond donors (Lipinski definition) is 2. The Labute approximate surface area is 256 Å². The van der Waals surface area contributed by atoms with E-state index in [1.54, 1.807) is 0 Å². The summed E-state index contributed by atoms with van der Waals surface area (Å²) in [5.41, 5.74) is 9.84. The second-order valence-corrected chi connectivity index (χ2v) is 16.1. The van der Waals surface area contributed by atoms with Crippen LogP contribution in [0.1, 0.15) is 121 Å². The van der Waals surface area contributed by atoms with Gasteiger partial charge in [0.1, 0.15) is 11.9 Å². The molecule has 4 nitrogen and oxygen atoms in total. The van der Waals surface area contributed by atoms with Gasteiger partial charge in [-0.05, 0) is 108 Å². The Morgan fingerprint density at radius 3 is 1.40 bits per heavy atom. The van der Waals surface area contributed by atoms with Crippen molar-refractivity contribution in [2.24, 2.45) is 10.8 Å². The van der Waals surface area contributed by atoms with Crippen molar-refractivity contribution in [3.63, 3.8) is 0 Å². The zero-order valence-corrected chi connectivity index (χ0v) is 28.8. The highest BCUT2D eigenvalue weighted by Crippen LogP contribution is 2.40. The number of nitriles is 1. The summed E-state index contributed by atoms with van der Waals surface area (Å²) in [6.45, 7) is 31.3. The first-order chi connectivity index (χ1) is 19.1. The minimum absolute atomic E-state index is 0.00703. The molecule has 0 bridgehead atoms. The van der Waals surface area contributed by atoms with E-state index in [1.807, 2.05) is 13.8 Å². The highest BCUT2D eigenvalue weighted by Gasteiger charge is 2.29. The van der Waals surface area contributed by atoms with Crippen molar-refractivity contribution in [2.75, 3.05) is 10.6 Å². The lowest BCUT2D eigenvalue weighted by Gasteiger charge is -2.33. The molecule has 1 aromatic heterocycles. The average Bonchev–Trinajstić information content (AvgIpc) is 2.82. The van der Waals surface area contributed by atoms with Crippen LogP contribution in [0.5, 0.6) is 0 Å². The number of benzene rings is 2. The predicted octanol–water partition coefficient (Wildman–Crippen LogP) is 11.1. The number of anilines is 4. The third-order valence-corrected chi connectivity index (χ3v) is 8.35. The Bertz CT molecular complexity index is 1490. The molecule has 0 saturated carbocycles. The van der Waals surface area contributed by atoms with Crippen LogP contribution in [0.2, 0.25) is 0 Å². The zero-order valence-electron chi connectivity index (χ0n) is 28.8. The van der Waals surface area contributed by atoms with E-state index in [4.69, 9.17) is 4.98 Å². The highest BCUT2D eigenvalue weighted by molar-refractivity contribution is 5.74. The molecule has 0 aliphatic rings. The van der Waals surface area contributed by atoms with Crippen LogP contribution < -0.4 is 10.6 Å². The molecule has 4 heteroatoms. The first-order valence-corrected chi connectivity index (χ1v) is 15.3. The molecule has 226 valence electrons. The molecule has 0 radical (unpaired) electrons. The predicted molar refractivity (Wildman–Crippen MR) is 182 cm³/mol. The summed E-state index contributed by atoms with van der Waals surface area (Å²) in [4.78, 5) is 5.03. The smallest absolute Gasteiger partial charge is 0.151 e. The van der Waals surface area contributed by atoms with Crippen LogP contribution in [0.3, 0.4) is 0 Å². The van der Waals surface area contributed by atoms with Crippen molar-refractivity contribution in [2.45, 2.75) is 121 Å². The van der Waals surface area contributed by atoms with Crippen LogP contribution in [0.25, 0.3) is 0 Å². The van der Waals surface area contributed by atoms with Crippen LogP contribution in [-0.4, -0.2) is 4.98 Å². The molecule has 42 heavy (non-hydrogen) atoms. The third kappa shape index (κ3) is 7.94. The fraction of sp³-hybridized carbons (Fsp3) is 0.526. The fourth-order valence-electron chi connectivity index (χ4n) is 6.61. The van der Waals surface area contributed by atoms with Crippen molar-refractivity contribution in [1.82, 2.24) is 4.98 Å². The summed E-state index contributed by atoms with van der Waals surface area (Å²) in [6, 6.07) is 15.8. The summed E-state index contributed by atoms with van der Waals surface area (Å²) in [5.74, 6) is 1.35. The molecular weight excluding hydrogens is 512 g/mol. The second-order valence-electron chi connectivity index (χ2n) is 16.1. The molecule has 2 aromatic carbocycles. The first kappa shape index (κ1) is 33.2. The number of pyridine rings is 1. The van der Waals surface area contributed by atoms with Crippen molar-refractivity contribution in [3.05, 3.63) is 75.3 Å². The summed E-state index contributed by atoms with van der Waals surface area (Å²) >= 11 is 0. The molecule has 0 saturated heterocycles. The topological polar surface area (TPSA) is 60.7 Å². The lowest BCUT2D eigenvalue weighted by molar-refractivity contribution is 0.283. The Morgan fingerprint density at radius 1 is 0.619 bits per heavy atom. The van der Waals surface area contributed by atoms with Crippen LogP contribution in [-0.2, 0) is 10.8 Å². The van der Waals surface area contributed by atoms with E-state index in [0.717, 1.165) is 52.3 Å². The third-order valence-electron chi connectivity index (χ3n) is 8.35. The van der Waals surface area contributed by atoms with Gasteiger partial charge < -0.3 is 10.6 Å². The van der Waals surface area contributed by atoms with Gasteiger partial charge in [-0.25, -0.2) is 4.98 Å². The number of nitrogens with zero attached hydrogens (tertiary/aromatic N) is 2. The van der Waals surface area contributed by atoms with Crippen molar-refractivity contribution in [1.29, 1.82) is 5.26 Å². The van der Waals surface area contributed by atoms with Gasteiger partial charge in [-0.2, -0.15) is 5.26 Å². The SMILES string of the molecule is Cc1ccc(C(C)(C)CC(C)(C)C)cc1Nc1nc(Nc2cc(C(C)(C)CC(C)(C)C)ccc2C)c(C#N)c(C)c1C. The molecule has 0 atom stereocenters. The maximum atomic E-state index is 10.2. The van der Waals surface area contributed by atoms with Gasteiger partial charge in [0.15, 0.2) is 5.82 Å². The Balaban J connectivity index is 2.06. The van der Waals surface area contributed by atoms with Gasteiger partial charge in [0.05, 0.1) is 5.56 Å². The maximum Gasteiger partial charge on any atom is 0.151 e. The molecule has 1 heterocycles. The quantitative estimate of drug-likeness (QED) is 0.285. The zero-order chi connectivity index (χ0) is 31.8. The van der Waals surface area contributed by atoms with E-state index in [0.29, 0.717) is 11.4 Å². The van der Waals surface area contributed by atoms with Crippen LogP contribution in [0, 0.1) is 49.9 Å². The van der Waals surface area contributed by atoms with E-state index in [9.17, 15) is 5.26 Å². The second kappa shape index (κ2) is 11.8. The lowest BCUT2D eigenvalue weighted by Crippen LogP contribution is -2.25. The molecule has 2 N–H and O–H groups in total. The van der Waals surface area contributed by atoms with E-state index in [2.05, 4.69) is 136 Å². The van der Waals surface area contributed by atoms with Crippen molar-refractivity contribution in [3.8, 4) is 6.07 Å². The van der Waals surface area contributed by atoms with Crippen LogP contribution >= 0.6 is 0 Å². The molecular formula is C38H54N4. The molecule has 3 rings (SSSR count). The van der Waals surface area contributed by atoms with E-state index < -0.39 is 0 Å². The summed E-state index contributed by atoms with van der Waals surface area (Å²) in [6.07, 6.45) is 2.14. The molecule has 0 spiro atoms. The normalized spacial score (nSPS) is 12.7. The van der Waals surface area contributed by atoms with Crippen molar-refractivity contribution >= 4 is 23.0 Å². The van der Waals surface area contributed by atoms with Gasteiger partial charge in [0, 0.05) is 11.4 Å². The minimum Gasteiger partial charge on any atom is -0.340 e. The van der Waals surface area contributed by atoms with Crippen LogP contribution in [0.15, 0.2) is 36.4 Å². The average molecular weight is 567 g/mol. The van der Waals surface area contributed by atoms with E-state index in [-0.39, 0.29) is 21.7 Å². The van der Waals surface area contributed by atoms with Gasteiger partial charge in [-0.3, -0.25) is 0 Å². The number of nitrogens with one attached hydrogen (secondary N) is 2. The monoisotopic (exact) mass is 566 g/mol. The molecule has 3 aromatic rings. The molecule has 0 fully saturated rings. The van der Waals surface area contributed by atoms with Gasteiger partial charge in [0.25, 0.3) is 0 Å². The minimum atomic E-state index is 0.00703. The number of hydrogen-bond acceptors (Lipinski definition) is 4. The first-order valence-electron chi connectivity index (χ1n) is 15.3. The number of aromatic nitrogens is 1. The standard InChI is InChI=1S/C38H54N4/c1-24-15-17-28(37(11,12)22-35(5,6)7)19-31(24)40-33-27(4)26(3)30(21-39)34(42-33)41-32-20-29(18-16-25(32)2)38(13,14)23-36(8,9)10/h15-20H,22-23H2,1-14H3,(H2,40,41,42). The van der Waals surface area contributed by atoms with Gasteiger partial charge >= 0.3 is 0 Å². The highest BCUT2D eigenvalue weighted by atomic mass is 15.1. The van der Waals surface area contributed by atoms with E-state index >= 15 is 0 Å². The number of aryl methyl sites for hydroxylation is 2. The maximum absolute atomic E-state index is 10.2. The van der Waals surface area contributed by atoms with E-state index in [1.165, 1.54) is 11.1 Å². The van der Waals surface area contributed by atoms with Crippen LogP contribution in [0.4, 0.5) is 23.0 Å². The van der Waals surface area contributed by atoms with Gasteiger partial charge in [-0.15, -0.1) is 0 Å². The fourth-order valence-corrected chi connectivity index (χ4v) is 6.61. The number of rotatable bonds is 8. The van der Waals surface area contributed by atoms with Crippen molar-refractivity contribution < 1.29 is 0 Å². The van der Waals surface area contributed by atoms with Gasteiger partial charge in [0.2, 0.25) is 0 Å². The largest absolute Gasteiger partial charge is 0.340 e. The summed E-state index contributed by atoms with van der Waals surface area (Å²) in [7, 11) is 0. The summed E-state index contributed by atoms with van der Waals surface area (Å²) in [5, 5.41) is 17.4. The molecule has 0 amide bonds. The summed E-state index contributed by atoms with van der Waals surface area (Å²) < 4.78 is 0. The Hall–Kier alpha value is -3.32.